The van der Waals surface area contributed by atoms with Crippen molar-refractivity contribution in [3.8, 4) is 0 Å². The summed E-state index contributed by atoms with van der Waals surface area (Å²) >= 11 is 0. The third-order valence-corrected chi connectivity index (χ3v) is 6.26. The maximum absolute atomic E-state index is 12.7. The van der Waals surface area contributed by atoms with Crippen molar-refractivity contribution in [1.82, 2.24) is 19.0 Å². The molecule has 1 aromatic heterocycles. The molecule has 140 valence electrons. The number of carbonyl (C=O) groups is 1. The minimum atomic E-state index is -3.48. The van der Waals surface area contributed by atoms with Gasteiger partial charge in [0.15, 0.2) is 0 Å². The number of carbonyl (C=O) groups excluding carboxylic acids is 1. The highest BCUT2D eigenvalue weighted by atomic mass is 32.2. The topological polar surface area (TPSA) is 87.5 Å². The second-order valence-corrected chi connectivity index (χ2v) is 8.38. The van der Waals surface area contributed by atoms with Gasteiger partial charge in [-0.3, -0.25) is 14.4 Å². The van der Waals surface area contributed by atoms with Gasteiger partial charge in [0, 0.05) is 39.4 Å². The summed E-state index contributed by atoms with van der Waals surface area (Å²) in [5.74, 6) is -0.132. The minimum Gasteiger partial charge on any atom is -0.322 e. The fourth-order valence-electron chi connectivity index (χ4n) is 2.88. The van der Waals surface area contributed by atoms with Crippen molar-refractivity contribution < 1.29 is 13.2 Å². The number of benzene rings is 1. The summed E-state index contributed by atoms with van der Waals surface area (Å²) in [6.07, 6.45) is 3.31. The zero-order valence-corrected chi connectivity index (χ0v) is 15.7. The Labute approximate surface area is 153 Å². The van der Waals surface area contributed by atoms with Crippen LogP contribution in [-0.4, -0.2) is 66.0 Å². The van der Waals surface area contributed by atoms with E-state index in [1.165, 1.54) is 4.31 Å². The van der Waals surface area contributed by atoms with E-state index < -0.39 is 10.0 Å². The van der Waals surface area contributed by atoms with E-state index in [9.17, 15) is 13.2 Å². The molecule has 1 fully saturated rings. The van der Waals surface area contributed by atoms with Crippen LogP contribution >= 0.6 is 0 Å². The minimum absolute atomic E-state index is 0.132. The summed E-state index contributed by atoms with van der Waals surface area (Å²) in [5.41, 5.74) is 1.67. The van der Waals surface area contributed by atoms with Crippen molar-refractivity contribution >= 4 is 21.6 Å². The number of aryl methyl sites for hydroxylation is 2. The van der Waals surface area contributed by atoms with Crippen molar-refractivity contribution in [2.75, 3.05) is 38.0 Å². The Hall–Kier alpha value is -2.23. The van der Waals surface area contributed by atoms with Crippen molar-refractivity contribution in [1.29, 1.82) is 0 Å². The first-order valence-corrected chi connectivity index (χ1v) is 9.86. The first-order chi connectivity index (χ1) is 12.3. The van der Waals surface area contributed by atoms with Crippen LogP contribution in [-0.2, 0) is 21.9 Å². The third-order valence-electron chi connectivity index (χ3n) is 4.35. The SMILES string of the molecule is Cc1ccc(S(=O)(=O)N2CCN(CC(=O)Nc3cnn(C)c3)CC2)cc1. The smallest absolute Gasteiger partial charge is 0.243 e. The molecule has 1 aliphatic heterocycles. The molecule has 26 heavy (non-hydrogen) atoms. The Balaban J connectivity index is 1.53. The summed E-state index contributed by atoms with van der Waals surface area (Å²) < 4.78 is 28.5. The molecule has 2 heterocycles. The molecule has 8 nitrogen and oxygen atoms in total. The molecular weight excluding hydrogens is 354 g/mol. The molecular formula is C17H23N5O3S. The molecule has 0 unspecified atom stereocenters. The lowest BCUT2D eigenvalue weighted by Gasteiger charge is -2.33. The van der Waals surface area contributed by atoms with Gasteiger partial charge < -0.3 is 5.32 Å². The summed E-state index contributed by atoms with van der Waals surface area (Å²) in [6.45, 7) is 3.93. The van der Waals surface area contributed by atoms with Gasteiger partial charge in [0.05, 0.1) is 23.3 Å². The van der Waals surface area contributed by atoms with Gasteiger partial charge in [-0.2, -0.15) is 9.40 Å². The van der Waals surface area contributed by atoms with Gasteiger partial charge in [-0.1, -0.05) is 17.7 Å². The molecule has 1 amide bonds. The van der Waals surface area contributed by atoms with E-state index in [0.717, 1.165) is 5.56 Å². The zero-order valence-electron chi connectivity index (χ0n) is 14.9. The van der Waals surface area contributed by atoms with Crippen LogP contribution in [0.25, 0.3) is 0 Å². The lowest BCUT2D eigenvalue weighted by atomic mass is 10.2. The number of aromatic nitrogens is 2. The average molecular weight is 377 g/mol. The summed E-state index contributed by atoms with van der Waals surface area (Å²) in [5, 5.41) is 6.79. The Morgan fingerprint density at radius 3 is 2.38 bits per heavy atom. The number of nitrogens with one attached hydrogen (secondary N) is 1. The van der Waals surface area contributed by atoms with Crippen molar-refractivity contribution in [3.05, 3.63) is 42.2 Å². The van der Waals surface area contributed by atoms with Crippen LogP contribution in [0.5, 0.6) is 0 Å². The van der Waals surface area contributed by atoms with Crippen LogP contribution in [0.1, 0.15) is 5.56 Å². The fourth-order valence-corrected chi connectivity index (χ4v) is 4.30. The van der Waals surface area contributed by atoms with Crippen molar-refractivity contribution in [3.63, 3.8) is 0 Å². The van der Waals surface area contributed by atoms with Crippen LogP contribution in [0.4, 0.5) is 5.69 Å². The summed E-state index contributed by atoms with van der Waals surface area (Å²) in [7, 11) is -1.70. The van der Waals surface area contributed by atoms with E-state index in [4.69, 9.17) is 0 Å². The number of piperazine rings is 1. The summed E-state index contributed by atoms with van der Waals surface area (Å²) in [4.78, 5) is 14.4. The Morgan fingerprint density at radius 2 is 1.81 bits per heavy atom. The molecule has 1 saturated heterocycles. The predicted molar refractivity (Wildman–Crippen MR) is 98.2 cm³/mol. The molecule has 9 heteroatoms. The molecule has 0 bridgehead atoms. The number of sulfonamides is 1. The van der Waals surface area contributed by atoms with E-state index >= 15 is 0 Å². The Morgan fingerprint density at radius 1 is 1.15 bits per heavy atom. The number of anilines is 1. The quantitative estimate of drug-likeness (QED) is 0.828. The van der Waals surface area contributed by atoms with Gasteiger partial charge in [-0.25, -0.2) is 8.42 Å². The lowest BCUT2D eigenvalue weighted by Crippen LogP contribution is -2.50. The standard InChI is InChI=1S/C17H23N5O3S/c1-14-3-5-16(6-4-14)26(24,25)22-9-7-21(8-10-22)13-17(23)19-15-11-18-20(2)12-15/h3-6,11-12H,7-10,13H2,1-2H3,(H,19,23). The Kier molecular flexibility index (Phi) is 5.40. The van der Waals surface area contributed by atoms with E-state index in [0.29, 0.717) is 36.8 Å². The second-order valence-electron chi connectivity index (χ2n) is 6.44. The van der Waals surface area contributed by atoms with Gasteiger partial charge in [-0.05, 0) is 19.1 Å². The lowest BCUT2D eigenvalue weighted by molar-refractivity contribution is -0.117. The van der Waals surface area contributed by atoms with Crippen molar-refractivity contribution in [2.45, 2.75) is 11.8 Å². The Bertz CT molecular complexity index is 868. The van der Waals surface area contributed by atoms with Crippen LogP contribution in [0.15, 0.2) is 41.6 Å². The van der Waals surface area contributed by atoms with E-state index in [1.807, 2.05) is 11.8 Å². The van der Waals surface area contributed by atoms with Gasteiger partial charge in [0.25, 0.3) is 0 Å². The molecule has 1 aliphatic rings. The molecule has 0 radical (unpaired) electrons. The molecule has 0 saturated carbocycles. The molecule has 1 N–H and O–H groups in total. The highest BCUT2D eigenvalue weighted by Crippen LogP contribution is 2.18. The molecule has 0 aliphatic carbocycles. The van der Waals surface area contributed by atoms with E-state index in [1.54, 1.807) is 48.4 Å². The number of nitrogens with zero attached hydrogens (tertiary/aromatic N) is 4. The van der Waals surface area contributed by atoms with Gasteiger partial charge in [0.1, 0.15) is 0 Å². The first-order valence-electron chi connectivity index (χ1n) is 8.42. The van der Waals surface area contributed by atoms with E-state index in [-0.39, 0.29) is 12.5 Å². The van der Waals surface area contributed by atoms with Crippen LogP contribution in [0.3, 0.4) is 0 Å². The molecule has 2 aromatic rings. The van der Waals surface area contributed by atoms with Crippen LogP contribution in [0.2, 0.25) is 0 Å². The van der Waals surface area contributed by atoms with Gasteiger partial charge in [0.2, 0.25) is 15.9 Å². The van der Waals surface area contributed by atoms with Crippen LogP contribution < -0.4 is 5.32 Å². The second kappa shape index (κ2) is 7.56. The summed E-state index contributed by atoms with van der Waals surface area (Å²) in [6, 6.07) is 6.87. The molecule has 3 rings (SSSR count). The number of amides is 1. The largest absolute Gasteiger partial charge is 0.322 e. The number of rotatable bonds is 5. The van der Waals surface area contributed by atoms with Crippen molar-refractivity contribution in [2.24, 2.45) is 7.05 Å². The maximum atomic E-state index is 12.7. The normalized spacial score (nSPS) is 16.5. The molecule has 1 aromatic carbocycles. The third kappa shape index (κ3) is 4.29. The predicted octanol–water partition coefficient (Wildman–Crippen LogP) is 0.674. The van der Waals surface area contributed by atoms with Gasteiger partial charge >= 0.3 is 0 Å². The highest BCUT2D eigenvalue weighted by Gasteiger charge is 2.28. The first kappa shape index (κ1) is 18.6. The zero-order chi connectivity index (χ0) is 18.7. The monoisotopic (exact) mass is 377 g/mol. The van der Waals surface area contributed by atoms with E-state index in [2.05, 4.69) is 10.4 Å². The number of hydrogen-bond donors (Lipinski definition) is 1. The number of hydrogen-bond acceptors (Lipinski definition) is 5. The highest BCUT2D eigenvalue weighted by molar-refractivity contribution is 7.89. The fraction of sp³-hybridized carbons (Fsp3) is 0.412. The average Bonchev–Trinajstić information content (AvgIpc) is 3.00. The maximum Gasteiger partial charge on any atom is 0.243 e. The molecule has 0 atom stereocenters. The molecule has 0 spiro atoms. The van der Waals surface area contributed by atoms with Crippen LogP contribution in [0, 0.1) is 6.92 Å². The van der Waals surface area contributed by atoms with Gasteiger partial charge in [-0.15, -0.1) is 0 Å².